The summed E-state index contributed by atoms with van der Waals surface area (Å²) in [5.41, 5.74) is 1.99. The van der Waals surface area contributed by atoms with Gasteiger partial charge in [0.2, 0.25) is 10.0 Å². The van der Waals surface area contributed by atoms with Gasteiger partial charge in [-0.25, -0.2) is 13.1 Å². The van der Waals surface area contributed by atoms with E-state index in [9.17, 15) is 18.0 Å². The Morgan fingerprint density at radius 3 is 2.14 bits per heavy atom. The van der Waals surface area contributed by atoms with Crippen LogP contribution in [0.5, 0.6) is 0 Å². The molecule has 0 heterocycles. The first kappa shape index (κ1) is 22.6. The number of nitrogens with zero attached hydrogens (tertiary/aromatic N) is 1. The molecule has 0 aliphatic carbocycles. The van der Waals surface area contributed by atoms with Crippen LogP contribution >= 0.6 is 0 Å². The zero-order valence-electron chi connectivity index (χ0n) is 17.2. The average molecular weight is 418 g/mol. The van der Waals surface area contributed by atoms with E-state index < -0.39 is 15.9 Å². The number of anilines is 1. The predicted molar refractivity (Wildman–Crippen MR) is 114 cm³/mol. The largest absolute Gasteiger partial charge is 0.339 e. The maximum absolute atomic E-state index is 12.7. The highest BCUT2D eigenvalue weighted by Crippen LogP contribution is 2.18. The van der Waals surface area contributed by atoms with E-state index in [1.165, 1.54) is 12.1 Å². The normalized spacial score (nSPS) is 11.2. The quantitative estimate of drug-likeness (QED) is 0.690. The van der Waals surface area contributed by atoms with Gasteiger partial charge in [-0.05, 0) is 62.7 Å². The molecular formula is C21H27N3O4S. The number of carbonyl (C=O) groups excluding carboxylic acids is 2. The molecule has 0 radical (unpaired) electrons. The summed E-state index contributed by atoms with van der Waals surface area (Å²) in [5.74, 6) is -0.482. The summed E-state index contributed by atoms with van der Waals surface area (Å²) in [4.78, 5) is 26.8. The monoisotopic (exact) mass is 417 g/mol. The number of rotatable bonds is 8. The summed E-state index contributed by atoms with van der Waals surface area (Å²) in [6.07, 6.45) is 0. The molecule has 0 aromatic heterocycles. The Morgan fingerprint density at radius 1 is 0.966 bits per heavy atom. The standard InChI is InChI=1S/C21H27N3O4S/c1-5-22-29(27,28)18-13-8-15(4)19(14-18)20(25)23-17-11-9-16(10-12-17)21(26)24(6-2)7-3/h8-14,22H,5-7H2,1-4H3,(H,23,25). The Kier molecular flexibility index (Phi) is 7.53. The fourth-order valence-corrected chi connectivity index (χ4v) is 3.94. The van der Waals surface area contributed by atoms with Gasteiger partial charge in [0.05, 0.1) is 4.90 Å². The van der Waals surface area contributed by atoms with E-state index in [1.807, 2.05) is 13.8 Å². The SMILES string of the molecule is CCNS(=O)(=O)c1ccc(C)c(C(=O)Nc2ccc(C(=O)N(CC)CC)cc2)c1. The van der Waals surface area contributed by atoms with E-state index in [-0.39, 0.29) is 22.9 Å². The van der Waals surface area contributed by atoms with E-state index in [1.54, 1.807) is 49.1 Å². The molecule has 0 unspecified atom stereocenters. The van der Waals surface area contributed by atoms with E-state index in [0.29, 0.717) is 29.9 Å². The van der Waals surface area contributed by atoms with Crippen molar-refractivity contribution in [3.63, 3.8) is 0 Å². The van der Waals surface area contributed by atoms with Crippen LogP contribution in [0.25, 0.3) is 0 Å². The highest BCUT2D eigenvalue weighted by Gasteiger charge is 2.18. The minimum absolute atomic E-state index is 0.0373. The molecule has 8 heteroatoms. The van der Waals surface area contributed by atoms with Gasteiger partial charge in [0.1, 0.15) is 0 Å². The lowest BCUT2D eigenvalue weighted by molar-refractivity contribution is 0.0773. The molecule has 0 atom stereocenters. The second kappa shape index (κ2) is 9.67. The van der Waals surface area contributed by atoms with E-state index in [0.717, 1.165) is 0 Å². The van der Waals surface area contributed by atoms with Gasteiger partial charge in [-0.1, -0.05) is 13.0 Å². The molecule has 29 heavy (non-hydrogen) atoms. The molecule has 0 spiro atoms. The first-order valence-electron chi connectivity index (χ1n) is 9.54. The van der Waals surface area contributed by atoms with Crippen LogP contribution in [0.2, 0.25) is 0 Å². The average Bonchev–Trinajstić information content (AvgIpc) is 2.69. The van der Waals surface area contributed by atoms with Crippen molar-refractivity contribution in [2.75, 3.05) is 25.0 Å². The second-order valence-corrected chi connectivity index (χ2v) is 8.25. The van der Waals surface area contributed by atoms with E-state index in [4.69, 9.17) is 0 Å². The lowest BCUT2D eigenvalue weighted by atomic mass is 10.1. The van der Waals surface area contributed by atoms with Gasteiger partial charge < -0.3 is 10.2 Å². The van der Waals surface area contributed by atoms with Crippen LogP contribution < -0.4 is 10.0 Å². The van der Waals surface area contributed by atoms with Crippen LogP contribution in [0.1, 0.15) is 47.1 Å². The highest BCUT2D eigenvalue weighted by molar-refractivity contribution is 7.89. The van der Waals surface area contributed by atoms with Crippen LogP contribution in [0.4, 0.5) is 5.69 Å². The van der Waals surface area contributed by atoms with Gasteiger partial charge in [0, 0.05) is 36.4 Å². The first-order chi connectivity index (χ1) is 13.7. The van der Waals surface area contributed by atoms with Gasteiger partial charge in [-0.2, -0.15) is 0 Å². The third-order valence-electron chi connectivity index (χ3n) is 4.54. The zero-order chi connectivity index (χ0) is 21.6. The third kappa shape index (κ3) is 5.42. The van der Waals surface area contributed by atoms with Crippen LogP contribution in [-0.2, 0) is 10.0 Å². The maximum Gasteiger partial charge on any atom is 0.255 e. The molecule has 2 amide bonds. The van der Waals surface area contributed by atoms with Crippen molar-refractivity contribution in [1.82, 2.24) is 9.62 Å². The molecule has 156 valence electrons. The summed E-state index contributed by atoms with van der Waals surface area (Å²) in [6, 6.07) is 11.1. The molecule has 0 aliphatic rings. The smallest absolute Gasteiger partial charge is 0.255 e. The number of aryl methyl sites for hydroxylation is 1. The van der Waals surface area contributed by atoms with E-state index >= 15 is 0 Å². The number of sulfonamides is 1. The number of carbonyl (C=O) groups is 2. The molecule has 2 aromatic carbocycles. The first-order valence-corrected chi connectivity index (χ1v) is 11.0. The highest BCUT2D eigenvalue weighted by atomic mass is 32.2. The Morgan fingerprint density at radius 2 is 1.59 bits per heavy atom. The van der Waals surface area contributed by atoms with Gasteiger partial charge in [0.15, 0.2) is 0 Å². The Labute approximate surface area is 172 Å². The molecule has 2 N–H and O–H groups in total. The van der Waals surface area contributed by atoms with Crippen molar-refractivity contribution in [3.8, 4) is 0 Å². The van der Waals surface area contributed by atoms with Crippen molar-refractivity contribution in [3.05, 3.63) is 59.2 Å². The van der Waals surface area contributed by atoms with Gasteiger partial charge >= 0.3 is 0 Å². The summed E-state index contributed by atoms with van der Waals surface area (Å²) in [5, 5.41) is 2.75. The number of amides is 2. The fourth-order valence-electron chi connectivity index (χ4n) is 2.87. The molecule has 0 fully saturated rings. The van der Waals surface area contributed by atoms with Crippen molar-refractivity contribution in [2.24, 2.45) is 0 Å². The number of benzene rings is 2. The number of nitrogens with one attached hydrogen (secondary N) is 2. The molecule has 7 nitrogen and oxygen atoms in total. The van der Waals surface area contributed by atoms with Crippen molar-refractivity contribution in [2.45, 2.75) is 32.6 Å². The van der Waals surface area contributed by atoms with Crippen LogP contribution in [0.3, 0.4) is 0 Å². The second-order valence-electron chi connectivity index (χ2n) is 6.49. The van der Waals surface area contributed by atoms with Crippen LogP contribution in [0.15, 0.2) is 47.4 Å². The lowest BCUT2D eigenvalue weighted by Gasteiger charge is -2.18. The minimum atomic E-state index is -3.66. The predicted octanol–water partition coefficient (Wildman–Crippen LogP) is 3.03. The number of hydrogen-bond donors (Lipinski definition) is 2. The molecule has 2 rings (SSSR count). The molecule has 0 saturated heterocycles. The lowest BCUT2D eigenvalue weighted by Crippen LogP contribution is -2.30. The van der Waals surface area contributed by atoms with Crippen molar-refractivity contribution in [1.29, 1.82) is 0 Å². The Bertz CT molecular complexity index is 981. The van der Waals surface area contributed by atoms with Crippen LogP contribution in [0, 0.1) is 6.92 Å². The fraction of sp³-hybridized carbons (Fsp3) is 0.333. The van der Waals surface area contributed by atoms with E-state index in [2.05, 4.69) is 10.0 Å². The maximum atomic E-state index is 12.7. The van der Waals surface area contributed by atoms with Gasteiger partial charge in [0.25, 0.3) is 11.8 Å². The zero-order valence-corrected chi connectivity index (χ0v) is 18.0. The molecule has 0 aliphatic heterocycles. The summed E-state index contributed by atoms with van der Waals surface area (Å²) < 4.78 is 26.8. The molecule has 2 aromatic rings. The minimum Gasteiger partial charge on any atom is -0.339 e. The van der Waals surface area contributed by atoms with Crippen molar-refractivity contribution < 1.29 is 18.0 Å². The topological polar surface area (TPSA) is 95.6 Å². The molecular weight excluding hydrogens is 390 g/mol. The third-order valence-corrected chi connectivity index (χ3v) is 6.08. The van der Waals surface area contributed by atoms with Crippen molar-refractivity contribution >= 4 is 27.5 Å². The summed E-state index contributed by atoms with van der Waals surface area (Å²) >= 11 is 0. The molecule has 0 saturated carbocycles. The molecule has 0 bridgehead atoms. The van der Waals surface area contributed by atoms with Gasteiger partial charge in [-0.15, -0.1) is 0 Å². The Balaban J connectivity index is 2.21. The van der Waals surface area contributed by atoms with Gasteiger partial charge in [-0.3, -0.25) is 9.59 Å². The van der Waals surface area contributed by atoms with Crippen LogP contribution in [-0.4, -0.2) is 44.8 Å². The Hall–Kier alpha value is -2.71. The summed E-state index contributed by atoms with van der Waals surface area (Å²) in [6.45, 7) is 8.78. The number of hydrogen-bond acceptors (Lipinski definition) is 4. The summed E-state index contributed by atoms with van der Waals surface area (Å²) in [7, 11) is -3.66.